The molecule has 0 radical (unpaired) electrons. The summed E-state index contributed by atoms with van der Waals surface area (Å²) in [5.41, 5.74) is 0.0938. The molecule has 1 rings (SSSR count). The topological polar surface area (TPSA) is 44.0 Å². The molecule has 0 aliphatic rings. The van der Waals surface area contributed by atoms with Crippen LogP contribution in [0.4, 0.5) is 0 Å². The summed E-state index contributed by atoms with van der Waals surface area (Å²) in [5.74, 6) is 0. The molecule has 1 N–H and O–H groups in total. The Kier molecular flexibility index (Phi) is 2.47. The van der Waals surface area contributed by atoms with Crippen molar-refractivity contribution in [2.75, 3.05) is 6.61 Å². The van der Waals surface area contributed by atoms with Crippen LogP contribution in [0.5, 0.6) is 0 Å². The van der Waals surface area contributed by atoms with Gasteiger partial charge < -0.3 is 5.11 Å². The van der Waals surface area contributed by atoms with Crippen molar-refractivity contribution >= 4 is 0 Å². The zero-order chi connectivity index (χ0) is 9.03. The highest BCUT2D eigenvalue weighted by Crippen LogP contribution is 2.21. The maximum atomic E-state index is 9.02. The van der Waals surface area contributed by atoms with Crippen molar-refractivity contribution < 1.29 is 5.11 Å². The lowest BCUT2D eigenvalue weighted by Gasteiger charge is -2.18. The third-order valence-electron chi connectivity index (χ3n) is 1.97. The standard InChI is InChI=1S/C10H11NO/c1-10(7-11,8-12)9-5-3-2-4-6-9/h2-6,12H,8H2,1H3/t10-/m0/s1. The molecule has 0 heterocycles. The average molecular weight is 161 g/mol. The van der Waals surface area contributed by atoms with E-state index in [4.69, 9.17) is 10.4 Å². The van der Waals surface area contributed by atoms with Gasteiger partial charge in [-0.3, -0.25) is 0 Å². The molecule has 0 unspecified atom stereocenters. The lowest BCUT2D eigenvalue weighted by molar-refractivity contribution is 0.240. The normalized spacial score (nSPS) is 14.8. The maximum Gasteiger partial charge on any atom is 0.102 e. The Morgan fingerprint density at radius 1 is 1.42 bits per heavy atom. The Bertz CT molecular complexity index is 288. The molecule has 0 spiro atoms. The zero-order valence-corrected chi connectivity index (χ0v) is 6.99. The maximum absolute atomic E-state index is 9.02. The van der Waals surface area contributed by atoms with Crippen molar-refractivity contribution in [2.24, 2.45) is 0 Å². The van der Waals surface area contributed by atoms with Gasteiger partial charge in [0.25, 0.3) is 0 Å². The van der Waals surface area contributed by atoms with E-state index in [0.717, 1.165) is 5.56 Å². The van der Waals surface area contributed by atoms with Crippen LogP contribution < -0.4 is 0 Å². The third kappa shape index (κ3) is 1.46. The third-order valence-corrected chi connectivity index (χ3v) is 1.97. The number of hydrogen-bond donors (Lipinski definition) is 1. The molecular weight excluding hydrogens is 150 g/mol. The average Bonchev–Trinajstić information content (AvgIpc) is 2.18. The lowest BCUT2D eigenvalue weighted by Crippen LogP contribution is -2.23. The molecule has 1 atom stereocenters. The van der Waals surface area contributed by atoms with E-state index in [0.29, 0.717) is 0 Å². The number of nitriles is 1. The molecular formula is C10H11NO. The minimum Gasteiger partial charge on any atom is -0.394 e. The lowest BCUT2D eigenvalue weighted by atomic mass is 9.85. The number of hydrogen-bond acceptors (Lipinski definition) is 2. The Hall–Kier alpha value is -1.33. The van der Waals surface area contributed by atoms with E-state index in [1.807, 2.05) is 30.3 Å². The highest BCUT2D eigenvalue weighted by Gasteiger charge is 2.24. The Morgan fingerprint density at radius 3 is 2.42 bits per heavy atom. The van der Waals surface area contributed by atoms with Crippen molar-refractivity contribution in [3.8, 4) is 6.07 Å². The highest BCUT2D eigenvalue weighted by atomic mass is 16.3. The van der Waals surface area contributed by atoms with Gasteiger partial charge in [0.1, 0.15) is 5.41 Å². The van der Waals surface area contributed by atoms with Gasteiger partial charge in [-0.1, -0.05) is 30.3 Å². The van der Waals surface area contributed by atoms with Crippen LogP contribution in [0.3, 0.4) is 0 Å². The highest BCUT2D eigenvalue weighted by molar-refractivity contribution is 5.30. The van der Waals surface area contributed by atoms with Crippen LogP contribution in [0.2, 0.25) is 0 Å². The van der Waals surface area contributed by atoms with Gasteiger partial charge >= 0.3 is 0 Å². The number of rotatable bonds is 2. The van der Waals surface area contributed by atoms with Crippen LogP contribution in [0.15, 0.2) is 30.3 Å². The molecule has 0 aliphatic heterocycles. The second kappa shape index (κ2) is 3.38. The van der Waals surface area contributed by atoms with Crippen LogP contribution in [0, 0.1) is 11.3 Å². The molecule has 62 valence electrons. The molecule has 0 fully saturated rings. The summed E-state index contributed by atoms with van der Waals surface area (Å²) < 4.78 is 0. The fourth-order valence-electron chi connectivity index (χ4n) is 0.997. The largest absolute Gasteiger partial charge is 0.394 e. The van der Waals surface area contributed by atoms with E-state index in [1.54, 1.807) is 6.92 Å². The van der Waals surface area contributed by atoms with E-state index < -0.39 is 5.41 Å². The molecule has 0 amide bonds. The Balaban J connectivity index is 3.06. The van der Waals surface area contributed by atoms with Crippen molar-refractivity contribution in [1.29, 1.82) is 5.26 Å². The Morgan fingerprint density at radius 2 is 2.00 bits per heavy atom. The fourth-order valence-corrected chi connectivity index (χ4v) is 0.997. The van der Waals surface area contributed by atoms with Crippen LogP contribution in [-0.2, 0) is 5.41 Å². The summed E-state index contributed by atoms with van der Waals surface area (Å²) in [7, 11) is 0. The van der Waals surface area contributed by atoms with Crippen LogP contribution in [-0.4, -0.2) is 11.7 Å². The van der Waals surface area contributed by atoms with Crippen LogP contribution in [0.1, 0.15) is 12.5 Å². The summed E-state index contributed by atoms with van der Waals surface area (Å²) in [4.78, 5) is 0. The smallest absolute Gasteiger partial charge is 0.102 e. The van der Waals surface area contributed by atoms with Gasteiger partial charge in [-0.2, -0.15) is 5.26 Å². The van der Waals surface area contributed by atoms with Gasteiger partial charge in [0, 0.05) is 0 Å². The predicted molar refractivity (Wildman–Crippen MR) is 46.5 cm³/mol. The van der Waals surface area contributed by atoms with Gasteiger partial charge in [-0.05, 0) is 12.5 Å². The monoisotopic (exact) mass is 161 g/mol. The molecule has 0 bridgehead atoms. The molecule has 2 nitrogen and oxygen atoms in total. The first-order chi connectivity index (χ1) is 5.73. The summed E-state index contributed by atoms with van der Waals surface area (Å²) >= 11 is 0. The van der Waals surface area contributed by atoms with Gasteiger partial charge in [-0.25, -0.2) is 0 Å². The molecule has 1 aromatic rings. The molecule has 0 aliphatic carbocycles. The van der Waals surface area contributed by atoms with Gasteiger partial charge in [0.2, 0.25) is 0 Å². The second-order valence-corrected chi connectivity index (χ2v) is 2.97. The van der Waals surface area contributed by atoms with E-state index in [9.17, 15) is 0 Å². The first-order valence-electron chi connectivity index (χ1n) is 3.80. The number of aliphatic hydroxyl groups excluding tert-OH is 1. The summed E-state index contributed by atoms with van der Waals surface area (Å²) in [6.07, 6.45) is 0. The van der Waals surface area contributed by atoms with Gasteiger partial charge in [0.15, 0.2) is 0 Å². The minimum atomic E-state index is -0.763. The molecule has 2 heteroatoms. The van der Waals surface area contributed by atoms with Crippen molar-refractivity contribution in [1.82, 2.24) is 0 Å². The zero-order valence-electron chi connectivity index (χ0n) is 6.99. The van der Waals surface area contributed by atoms with E-state index >= 15 is 0 Å². The minimum absolute atomic E-state index is 0.145. The number of nitrogens with zero attached hydrogens (tertiary/aromatic N) is 1. The quantitative estimate of drug-likeness (QED) is 0.713. The summed E-state index contributed by atoms with van der Waals surface area (Å²) in [6.45, 7) is 1.58. The van der Waals surface area contributed by atoms with Crippen LogP contribution in [0.25, 0.3) is 0 Å². The first-order valence-corrected chi connectivity index (χ1v) is 3.80. The number of aliphatic hydroxyl groups is 1. The second-order valence-electron chi connectivity index (χ2n) is 2.97. The molecule has 0 saturated heterocycles. The van der Waals surface area contributed by atoms with E-state index in [2.05, 4.69) is 6.07 Å². The van der Waals surface area contributed by atoms with Crippen molar-refractivity contribution in [2.45, 2.75) is 12.3 Å². The molecule has 0 saturated carbocycles. The molecule has 0 aromatic heterocycles. The predicted octanol–water partition coefficient (Wildman–Crippen LogP) is 1.46. The Labute approximate surface area is 72.1 Å². The van der Waals surface area contributed by atoms with E-state index in [1.165, 1.54) is 0 Å². The van der Waals surface area contributed by atoms with Crippen molar-refractivity contribution in [3.63, 3.8) is 0 Å². The molecule has 1 aromatic carbocycles. The summed E-state index contributed by atoms with van der Waals surface area (Å²) in [5, 5.41) is 17.8. The first kappa shape index (κ1) is 8.76. The summed E-state index contributed by atoms with van der Waals surface area (Å²) in [6, 6.07) is 11.4. The number of benzene rings is 1. The van der Waals surface area contributed by atoms with Gasteiger partial charge in [0.05, 0.1) is 12.7 Å². The van der Waals surface area contributed by atoms with Crippen LogP contribution >= 0.6 is 0 Å². The van der Waals surface area contributed by atoms with Gasteiger partial charge in [-0.15, -0.1) is 0 Å². The SMILES string of the molecule is C[C@](C#N)(CO)c1ccccc1. The molecule has 12 heavy (non-hydrogen) atoms. The van der Waals surface area contributed by atoms with Crippen molar-refractivity contribution in [3.05, 3.63) is 35.9 Å². The van der Waals surface area contributed by atoms with E-state index in [-0.39, 0.29) is 6.61 Å². The fraction of sp³-hybridized carbons (Fsp3) is 0.300.